The summed E-state index contributed by atoms with van der Waals surface area (Å²) in [7, 11) is 1.67. The highest BCUT2D eigenvalue weighted by molar-refractivity contribution is 5.91. The molecule has 0 heterocycles. The maximum absolute atomic E-state index is 8.88. The molecule has 0 bridgehead atoms. The SMILES string of the molecule is COc1ccc([C@H](N)CCCO)c2ccccc12. The predicted octanol–water partition coefficient (Wildman–Crippen LogP) is 2.62. The van der Waals surface area contributed by atoms with Crippen LogP contribution in [0.1, 0.15) is 24.4 Å². The zero-order valence-electron chi connectivity index (χ0n) is 10.6. The van der Waals surface area contributed by atoms with Crippen LogP contribution in [0, 0.1) is 0 Å². The highest BCUT2D eigenvalue weighted by Crippen LogP contribution is 2.31. The van der Waals surface area contributed by atoms with Crippen LogP contribution in [0.2, 0.25) is 0 Å². The molecule has 2 aromatic rings. The molecule has 0 fully saturated rings. The van der Waals surface area contributed by atoms with Crippen LogP contribution >= 0.6 is 0 Å². The van der Waals surface area contributed by atoms with E-state index in [4.69, 9.17) is 15.6 Å². The van der Waals surface area contributed by atoms with Gasteiger partial charge in [0.15, 0.2) is 0 Å². The standard InChI is InChI=1S/C15H19NO2/c1-18-15-9-8-12(14(16)7-4-10-17)11-5-2-3-6-13(11)15/h2-3,5-6,8-9,14,17H,4,7,10,16H2,1H3/t14-/m1/s1. The Labute approximate surface area is 107 Å². The average Bonchev–Trinajstić information content (AvgIpc) is 2.43. The number of hydrogen-bond donors (Lipinski definition) is 2. The number of hydrogen-bond acceptors (Lipinski definition) is 3. The number of rotatable bonds is 5. The smallest absolute Gasteiger partial charge is 0.126 e. The van der Waals surface area contributed by atoms with E-state index in [1.807, 2.05) is 30.3 Å². The fraction of sp³-hybridized carbons (Fsp3) is 0.333. The Balaban J connectivity index is 2.45. The molecule has 0 radical (unpaired) electrons. The maximum Gasteiger partial charge on any atom is 0.126 e. The highest BCUT2D eigenvalue weighted by atomic mass is 16.5. The third-order valence-electron chi connectivity index (χ3n) is 3.21. The van der Waals surface area contributed by atoms with E-state index in [0.29, 0.717) is 0 Å². The third kappa shape index (κ3) is 2.47. The van der Waals surface area contributed by atoms with Crippen molar-refractivity contribution in [2.75, 3.05) is 13.7 Å². The van der Waals surface area contributed by atoms with Gasteiger partial charge in [0, 0.05) is 18.0 Å². The summed E-state index contributed by atoms with van der Waals surface area (Å²) in [5.74, 6) is 0.865. The summed E-state index contributed by atoms with van der Waals surface area (Å²) in [6.07, 6.45) is 1.51. The fourth-order valence-corrected chi connectivity index (χ4v) is 2.26. The van der Waals surface area contributed by atoms with E-state index < -0.39 is 0 Å². The second-order valence-corrected chi connectivity index (χ2v) is 4.37. The van der Waals surface area contributed by atoms with Gasteiger partial charge in [0.25, 0.3) is 0 Å². The van der Waals surface area contributed by atoms with Gasteiger partial charge in [0.2, 0.25) is 0 Å². The maximum atomic E-state index is 8.88. The number of methoxy groups -OCH3 is 1. The Bertz CT molecular complexity index is 525. The largest absolute Gasteiger partial charge is 0.496 e. The van der Waals surface area contributed by atoms with Crippen LogP contribution in [-0.4, -0.2) is 18.8 Å². The van der Waals surface area contributed by atoms with Gasteiger partial charge < -0.3 is 15.6 Å². The molecule has 1 atom stereocenters. The lowest BCUT2D eigenvalue weighted by Gasteiger charge is -2.16. The number of fused-ring (bicyclic) bond motifs is 1. The quantitative estimate of drug-likeness (QED) is 0.851. The van der Waals surface area contributed by atoms with E-state index in [1.54, 1.807) is 7.11 Å². The molecule has 0 aliphatic heterocycles. The first-order valence-corrected chi connectivity index (χ1v) is 6.20. The van der Waals surface area contributed by atoms with E-state index in [9.17, 15) is 0 Å². The second kappa shape index (κ2) is 5.85. The molecule has 2 rings (SSSR count). The van der Waals surface area contributed by atoms with Crippen molar-refractivity contribution in [3.8, 4) is 5.75 Å². The average molecular weight is 245 g/mol. The van der Waals surface area contributed by atoms with Crippen LogP contribution in [0.25, 0.3) is 10.8 Å². The first-order chi connectivity index (χ1) is 8.77. The zero-order chi connectivity index (χ0) is 13.0. The van der Waals surface area contributed by atoms with Crippen LogP contribution in [0.3, 0.4) is 0 Å². The van der Waals surface area contributed by atoms with Crippen molar-refractivity contribution < 1.29 is 9.84 Å². The highest BCUT2D eigenvalue weighted by Gasteiger charge is 2.11. The molecule has 3 nitrogen and oxygen atoms in total. The molecule has 3 N–H and O–H groups in total. The number of aliphatic hydroxyl groups is 1. The Kier molecular flexibility index (Phi) is 4.18. The summed E-state index contributed by atoms with van der Waals surface area (Å²) >= 11 is 0. The number of aliphatic hydroxyl groups excluding tert-OH is 1. The van der Waals surface area contributed by atoms with Crippen molar-refractivity contribution in [2.45, 2.75) is 18.9 Å². The lowest BCUT2D eigenvalue weighted by Crippen LogP contribution is -2.11. The summed E-state index contributed by atoms with van der Waals surface area (Å²) in [5.41, 5.74) is 7.30. The van der Waals surface area contributed by atoms with Crippen LogP contribution in [0.5, 0.6) is 5.75 Å². The molecule has 96 valence electrons. The minimum Gasteiger partial charge on any atom is -0.496 e. The first kappa shape index (κ1) is 12.9. The van der Waals surface area contributed by atoms with E-state index in [2.05, 4.69) is 6.07 Å². The van der Waals surface area contributed by atoms with Gasteiger partial charge in [-0.1, -0.05) is 30.3 Å². The van der Waals surface area contributed by atoms with Crippen LogP contribution in [0.15, 0.2) is 36.4 Å². The zero-order valence-corrected chi connectivity index (χ0v) is 10.6. The van der Waals surface area contributed by atoms with Crippen molar-refractivity contribution in [3.63, 3.8) is 0 Å². The molecule has 0 aliphatic rings. The monoisotopic (exact) mass is 245 g/mol. The minimum atomic E-state index is -0.0482. The van der Waals surface area contributed by atoms with E-state index in [-0.39, 0.29) is 12.6 Å². The summed E-state index contributed by atoms with van der Waals surface area (Å²) in [6.45, 7) is 0.182. The molecule has 0 amide bonds. The number of nitrogens with two attached hydrogens (primary N) is 1. The molecule has 0 aromatic heterocycles. The number of ether oxygens (including phenoxy) is 1. The normalized spacial score (nSPS) is 12.6. The van der Waals surface area contributed by atoms with Crippen molar-refractivity contribution in [1.29, 1.82) is 0 Å². The van der Waals surface area contributed by atoms with Crippen LogP contribution in [-0.2, 0) is 0 Å². The van der Waals surface area contributed by atoms with Gasteiger partial charge in [-0.15, -0.1) is 0 Å². The minimum absolute atomic E-state index is 0.0482. The van der Waals surface area contributed by atoms with Gasteiger partial charge in [-0.25, -0.2) is 0 Å². The van der Waals surface area contributed by atoms with Crippen molar-refractivity contribution in [2.24, 2.45) is 5.73 Å². The molecule has 18 heavy (non-hydrogen) atoms. The van der Waals surface area contributed by atoms with Gasteiger partial charge in [-0.3, -0.25) is 0 Å². The molecule has 0 unspecified atom stereocenters. The Morgan fingerprint density at radius 2 is 1.89 bits per heavy atom. The summed E-state index contributed by atoms with van der Waals surface area (Å²) < 4.78 is 5.36. The van der Waals surface area contributed by atoms with E-state index in [1.165, 1.54) is 0 Å². The molecule has 2 aromatic carbocycles. The predicted molar refractivity (Wildman–Crippen MR) is 73.7 cm³/mol. The van der Waals surface area contributed by atoms with Crippen molar-refractivity contribution >= 4 is 10.8 Å². The third-order valence-corrected chi connectivity index (χ3v) is 3.21. The molecular weight excluding hydrogens is 226 g/mol. The molecule has 0 aliphatic carbocycles. The Morgan fingerprint density at radius 1 is 1.17 bits per heavy atom. The van der Waals surface area contributed by atoms with Gasteiger partial charge in [-0.05, 0) is 29.9 Å². The second-order valence-electron chi connectivity index (χ2n) is 4.37. The lowest BCUT2D eigenvalue weighted by atomic mass is 9.96. The lowest BCUT2D eigenvalue weighted by molar-refractivity contribution is 0.280. The fourth-order valence-electron chi connectivity index (χ4n) is 2.26. The topological polar surface area (TPSA) is 55.5 Å². The first-order valence-electron chi connectivity index (χ1n) is 6.20. The summed E-state index contributed by atoms with van der Waals surface area (Å²) in [6, 6.07) is 12.0. The summed E-state index contributed by atoms with van der Waals surface area (Å²) in [5, 5.41) is 11.1. The molecule has 0 saturated heterocycles. The van der Waals surface area contributed by atoms with Gasteiger partial charge in [-0.2, -0.15) is 0 Å². The van der Waals surface area contributed by atoms with Crippen molar-refractivity contribution in [3.05, 3.63) is 42.0 Å². The number of benzene rings is 2. The molecule has 3 heteroatoms. The Hall–Kier alpha value is -1.58. The van der Waals surface area contributed by atoms with Gasteiger partial charge in [0.1, 0.15) is 5.75 Å². The summed E-state index contributed by atoms with van der Waals surface area (Å²) in [4.78, 5) is 0. The van der Waals surface area contributed by atoms with Crippen molar-refractivity contribution in [1.82, 2.24) is 0 Å². The van der Waals surface area contributed by atoms with E-state index >= 15 is 0 Å². The Morgan fingerprint density at radius 3 is 2.56 bits per heavy atom. The van der Waals surface area contributed by atoms with Crippen LogP contribution in [0.4, 0.5) is 0 Å². The molecule has 0 saturated carbocycles. The van der Waals surface area contributed by atoms with Crippen LogP contribution < -0.4 is 10.5 Å². The van der Waals surface area contributed by atoms with E-state index in [0.717, 1.165) is 34.9 Å². The van der Waals surface area contributed by atoms with Gasteiger partial charge in [0.05, 0.1) is 7.11 Å². The molecule has 0 spiro atoms. The molecular formula is C15H19NO2. The van der Waals surface area contributed by atoms with Gasteiger partial charge >= 0.3 is 0 Å².